The Hall–Kier alpha value is -0.300. The summed E-state index contributed by atoms with van der Waals surface area (Å²) >= 11 is 0. The van der Waals surface area contributed by atoms with E-state index < -0.39 is 0 Å². The van der Waals surface area contributed by atoms with Gasteiger partial charge in [-0.3, -0.25) is 0 Å². The molecule has 0 saturated carbocycles. The lowest BCUT2D eigenvalue weighted by molar-refractivity contribution is 0.108. The number of allylic oxidation sites excluding steroid dienone is 2. The molecule has 1 unspecified atom stereocenters. The van der Waals surface area contributed by atoms with Gasteiger partial charge < -0.3 is 4.74 Å². The largest absolute Gasteiger partial charge is 0.382 e. The van der Waals surface area contributed by atoms with Crippen LogP contribution in [0.5, 0.6) is 0 Å². The van der Waals surface area contributed by atoms with Crippen LogP contribution in [-0.4, -0.2) is 13.2 Å². The van der Waals surface area contributed by atoms with Crippen molar-refractivity contribution in [1.82, 2.24) is 0 Å². The number of hydrogen-bond acceptors (Lipinski definition) is 1. The standard InChI is InChI=1S/C20H40O/c1-4-5-6-7-8-9-10-11-12-13-14-15-16-17-18-19-20(2)21-3/h11-12,20H,4-10,13-19H2,1-3H3/b12-11-. The van der Waals surface area contributed by atoms with Gasteiger partial charge in [-0.05, 0) is 39.0 Å². The van der Waals surface area contributed by atoms with Gasteiger partial charge in [0.1, 0.15) is 0 Å². The molecule has 0 amide bonds. The summed E-state index contributed by atoms with van der Waals surface area (Å²) in [5.74, 6) is 0. The molecule has 0 rings (SSSR count). The Bertz CT molecular complexity index is 210. The van der Waals surface area contributed by atoms with E-state index in [0.29, 0.717) is 6.10 Å². The Morgan fingerprint density at radius 2 is 1.19 bits per heavy atom. The average molecular weight is 297 g/mol. The van der Waals surface area contributed by atoms with Crippen LogP contribution in [0.15, 0.2) is 12.2 Å². The number of methoxy groups -OCH3 is 1. The normalized spacial score (nSPS) is 13.1. The van der Waals surface area contributed by atoms with Crippen molar-refractivity contribution in [1.29, 1.82) is 0 Å². The van der Waals surface area contributed by atoms with Crippen molar-refractivity contribution in [3.05, 3.63) is 12.2 Å². The second kappa shape index (κ2) is 17.8. The molecule has 0 fully saturated rings. The molecule has 0 bridgehead atoms. The highest BCUT2D eigenvalue weighted by molar-refractivity contribution is 4.81. The number of unbranched alkanes of at least 4 members (excludes halogenated alkanes) is 11. The molecule has 1 nitrogen and oxygen atoms in total. The summed E-state index contributed by atoms with van der Waals surface area (Å²) in [6.45, 7) is 4.44. The first-order valence-electron chi connectivity index (χ1n) is 9.49. The first kappa shape index (κ1) is 20.7. The van der Waals surface area contributed by atoms with E-state index in [2.05, 4.69) is 26.0 Å². The van der Waals surface area contributed by atoms with Crippen LogP contribution in [0.2, 0.25) is 0 Å². The maximum atomic E-state index is 5.26. The monoisotopic (exact) mass is 296 g/mol. The third-order valence-electron chi connectivity index (χ3n) is 4.27. The fraction of sp³-hybridized carbons (Fsp3) is 0.900. The van der Waals surface area contributed by atoms with Crippen LogP contribution in [0.25, 0.3) is 0 Å². The zero-order valence-corrected chi connectivity index (χ0v) is 15.0. The summed E-state index contributed by atoms with van der Waals surface area (Å²) in [4.78, 5) is 0. The third kappa shape index (κ3) is 17.6. The zero-order valence-electron chi connectivity index (χ0n) is 15.0. The minimum absolute atomic E-state index is 0.440. The van der Waals surface area contributed by atoms with Crippen molar-refractivity contribution < 1.29 is 4.74 Å². The zero-order chi connectivity index (χ0) is 15.6. The molecule has 0 N–H and O–H groups in total. The highest BCUT2D eigenvalue weighted by atomic mass is 16.5. The van der Waals surface area contributed by atoms with Crippen molar-refractivity contribution in [2.45, 2.75) is 110 Å². The predicted octanol–water partition coefficient (Wildman–Crippen LogP) is 7.06. The molecule has 0 aliphatic rings. The molecular formula is C20H40O. The summed E-state index contributed by atoms with van der Waals surface area (Å²) in [7, 11) is 1.81. The molecule has 0 aliphatic carbocycles. The average Bonchev–Trinajstić information content (AvgIpc) is 2.50. The van der Waals surface area contributed by atoms with E-state index >= 15 is 0 Å². The lowest BCUT2D eigenvalue weighted by Crippen LogP contribution is -2.03. The summed E-state index contributed by atoms with van der Waals surface area (Å²) in [5.41, 5.74) is 0. The quantitative estimate of drug-likeness (QED) is 0.219. The second-order valence-corrected chi connectivity index (χ2v) is 6.42. The van der Waals surface area contributed by atoms with Crippen LogP contribution in [0.4, 0.5) is 0 Å². The summed E-state index contributed by atoms with van der Waals surface area (Å²) in [6, 6.07) is 0. The first-order chi connectivity index (χ1) is 10.3. The summed E-state index contributed by atoms with van der Waals surface area (Å²) < 4.78 is 5.26. The lowest BCUT2D eigenvalue weighted by atomic mass is 10.1. The van der Waals surface area contributed by atoms with Crippen LogP contribution in [0, 0.1) is 0 Å². The fourth-order valence-corrected chi connectivity index (χ4v) is 2.62. The highest BCUT2D eigenvalue weighted by Gasteiger charge is 1.98. The molecule has 0 heterocycles. The Labute approximate surface area is 134 Å². The summed E-state index contributed by atoms with van der Waals surface area (Å²) in [5, 5.41) is 0. The maximum absolute atomic E-state index is 5.26. The molecule has 0 aromatic carbocycles. The van der Waals surface area contributed by atoms with Crippen molar-refractivity contribution in [2.75, 3.05) is 7.11 Å². The highest BCUT2D eigenvalue weighted by Crippen LogP contribution is 2.11. The van der Waals surface area contributed by atoms with Gasteiger partial charge in [-0.1, -0.05) is 76.9 Å². The molecular weight excluding hydrogens is 256 g/mol. The molecule has 0 radical (unpaired) electrons. The van der Waals surface area contributed by atoms with Crippen LogP contribution < -0.4 is 0 Å². The van der Waals surface area contributed by atoms with Crippen molar-refractivity contribution in [2.24, 2.45) is 0 Å². The SMILES string of the molecule is CCCCCCCC/C=C\CCCCCCCC(C)OC. The van der Waals surface area contributed by atoms with Gasteiger partial charge in [-0.2, -0.15) is 0 Å². The Balaban J connectivity index is 3.08. The van der Waals surface area contributed by atoms with Gasteiger partial charge in [-0.15, -0.1) is 0 Å². The molecule has 1 heteroatoms. The van der Waals surface area contributed by atoms with Crippen LogP contribution >= 0.6 is 0 Å². The molecule has 0 spiro atoms. The first-order valence-corrected chi connectivity index (χ1v) is 9.49. The van der Waals surface area contributed by atoms with Crippen molar-refractivity contribution in [3.8, 4) is 0 Å². The molecule has 0 aromatic rings. The van der Waals surface area contributed by atoms with Crippen molar-refractivity contribution >= 4 is 0 Å². The van der Waals surface area contributed by atoms with Gasteiger partial charge in [0.2, 0.25) is 0 Å². The van der Waals surface area contributed by atoms with Crippen LogP contribution in [0.1, 0.15) is 104 Å². The molecule has 0 aliphatic heterocycles. The van der Waals surface area contributed by atoms with Gasteiger partial charge in [0.25, 0.3) is 0 Å². The maximum Gasteiger partial charge on any atom is 0.0543 e. The smallest absolute Gasteiger partial charge is 0.0543 e. The lowest BCUT2D eigenvalue weighted by Gasteiger charge is -2.08. The molecule has 0 aromatic heterocycles. The Morgan fingerprint density at radius 3 is 1.71 bits per heavy atom. The van der Waals surface area contributed by atoms with E-state index in [0.717, 1.165) is 0 Å². The topological polar surface area (TPSA) is 9.23 Å². The second-order valence-electron chi connectivity index (χ2n) is 6.42. The molecule has 126 valence electrons. The number of ether oxygens (including phenoxy) is 1. The minimum atomic E-state index is 0.440. The van der Waals surface area contributed by atoms with Crippen LogP contribution in [0.3, 0.4) is 0 Å². The van der Waals surface area contributed by atoms with E-state index in [9.17, 15) is 0 Å². The molecule has 21 heavy (non-hydrogen) atoms. The van der Waals surface area contributed by atoms with Gasteiger partial charge >= 0.3 is 0 Å². The van der Waals surface area contributed by atoms with Gasteiger partial charge in [0.15, 0.2) is 0 Å². The number of hydrogen-bond donors (Lipinski definition) is 0. The van der Waals surface area contributed by atoms with E-state index in [-0.39, 0.29) is 0 Å². The number of rotatable bonds is 16. The fourth-order valence-electron chi connectivity index (χ4n) is 2.62. The van der Waals surface area contributed by atoms with Crippen molar-refractivity contribution in [3.63, 3.8) is 0 Å². The third-order valence-corrected chi connectivity index (χ3v) is 4.27. The van der Waals surface area contributed by atoms with Gasteiger partial charge in [-0.25, -0.2) is 0 Å². The van der Waals surface area contributed by atoms with Crippen LogP contribution in [-0.2, 0) is 4.74 Å². The Kier molecular flexibility index (Phi) is 17.5. The summed E-state index contributed by atoms with van der Waals surface area (Å²) in [6.07, 6.45) is 24.3. The van der Waals surface area contributed by atoms with E-state index in [1.807, 2.05) is 7.11 Å². The molecule has 1 atom stereocenters. The van der Waals surface area contributed by atoms with E-state index in [1.165, 1.54) is 89.9 Å². The van der Waals surface area contributed by atoms with E-state index in [4.69, 9.17) is 4.74 Å². The molecule has 0 saturated heterocycles. The predicted molar refractivity (Wildman–Crippen MR) is 95.9 cm³/mol. The minimum Gasteiger partial charge on any atom is -0.382 e. The van der Waals surface area contributed by atoms with E-state index in [1.54, 1.807) is 0 Å². The Morgan fingerprint density at radius 1 is 0.714 bits per heavy atom. The van der Waals surface area contributed by atoms with Gasteiger partial charge in [0.05, 0.1) is 6.10 Å². The van der Waals surface area contributed by atoms with Gasteiger partial charge in [0, 0.05) is 7.11 Å².